The van der Waals surface area contributed by atoms with Crippen LogP contribution in [0, 0.1) is 0 Å². The average Bonchev–Trinajstić information content (AvgIpc) is 2.69. The van der Waals surface area contributed by atoms with Gasteiger partial charge in [-0.25, -0.2) is 4.68 Å². The molecule has 1 N–H and O–H groups in total. The first-order valence-corrected chi connectivity index (χ1v) is 8.04. The van der Waals surface area contributed by atoms with Gasteiger partial charge in [-0.3, -0.25) is 14.6 Å². The SMILES string of the molecule is COc1ccccc1-c1ccc(=O)n(CC(=O)NCc2cccnc2)n1. The van der Waals surface area contributed by atoms with Crippen molar-refractivity contribution in [2.24, 2.45) is 0 Å². The van der Waals surface area contributed by atoms with Crippen molar-refractivity contribution in [3.05, 3.63) is 76.8 Å². The maximum atomic E-state index is 12.2. The lowest BCUT2D eigenvalue weighted by molar-refractivity contribution is -0.122. The zero-order valence-electron chi connectivity index (χ0n) is 14.3. The van der Waals surface area contributed by atoms with Crippen LogP contribution >= 0.6 is 0 Å². The third kappa shape index (κ3) is 4.13. The van der Waals surface area contributed by atoms with Crippen LogP contribution in [0.5, 0.6) is 5.75 Å². The van der Waals surface area contributed by atoms with Gasteiger partial charge < -0.3 is 10.1 Å². The summed E-state index contributed by atoms with van der Waals surface area (Å²) >= 11 is 0. The van der Waals surface area contributed by atoms with E-state index in [4.69, 9.17) is 4.74 Å². The van der Waals surface area contributed by atoms with Gasteiger partial charge in [0.25, 0.3) is 5.56 Å². The Kier molecular flexibility index (Phi) is 5.38. The van der Waals surface area contributed by atoms with Gasteiger partial charge in [-0.1, -0.05) is 18.2 Å². The molecular weight excluding hydrogens is 332 g/mol. The summed E-state index contributed by atoms with van der Waals surface area (Å²) in [5.74, 6) is 0.340. The average molecular weight is 350 g/mol. The zero-order valence-corrected chi connectivity index (χ0v) is 14.3. The molecule has 1 aromatic carbocycles. The van der Waals surface area contributed by atoms with E-state index in [0.717, 1.165) is 15.8 Å². The lowest BCUT2D eigenvalue weighted by Crippen LogP contribution is -2.33. The van der Waals surface area contributed by atoms with Crippen LogP contribution in [0.1, 0.15) is 5.56 Å². The predicted octanol–water partition coefficient (Wildman–Crippen LogP) is 1.63. The Morgan fingerprint density at radius 1 is 1.15 bits per heavy atom. The van der Waals surface area contributed by atoms with Gasteiger partial charge in [0, 0.05) is 30.6 Å². The monoisotopic (exact) mass is 350 g/mol. The minimum atomic E-state index is -0.347. The van der Waals surface area contributed by atoms with Gasteiger partial charge in [-0.15, -0.1) is 0 Å². The van der Waals surface area contributed by atoms with Crippen LogP contribution < -0.4 is 15.6 Å². The maximum absolute atomic E-state index is 12.2. The van der Waals surface area contributed by atoms with E-state index in [1.165, 1.54) is 6.07 Å². The highest BCUT2D eigenvalue weighted by Crippen LogP contribution is 2.26. The van der Waals surface area contributed by atoms with E-state index in [-0.39, 0.29) is 18.0 Å². The molecule has 132 valence electrons. The molecule has 26 heavy (non-hydrogen) atoms. The third-order valence-corrected chi connectivity index (χ3v) is 3.76. The number of aromatic nitrogens is 3. The van der Waals surface area contributed by atoms with Gasteiger partial charge in [-0.05, 0) is 29.8 Å². The summed E-state index contributed by atoms with van der Waals surface area (Å²) in [6, 6.07) is 14.0. The Hall–Kier alpha value is -3.48. The second-order valence-electron chi connectivity index (χ2n) is 5.55. The molecule has 0 fully saturated rings. The van der Waals surface area contributed by atoms with E-state index < -0.39 is 0 Å². The first-order valence-electron chi connectivity index (χ1n) is 8.04. The Bertz CT molecular complexity index is 954. The highest BCUT2D eigenvalue weighted by molar-refractivity contribution is 5.75. The molecule has 7 nitrogen and oxygen atoms in total. The fraction of sp³-hybridized carbons (Fsp3) is 0.158. The molecule has 0 atom stereocenters. The van der Waals surface area contributed by atoms with Crippen molar-refractivity contribution in [1.82, 2.24) is 20.1 Å². The maximum Gasteiger partial charge on any atom is 0.267 e. The molecule has 0 unspecified atom stereocenters. The Morgan fingerprint density at radius 3 is 2.77 bits per heavy atom. The van der Waals surface area contributed by atoms with Crippen molar-refractivity contribution in [2.45, 2.75) is 13.1 Å². The van der Waals surface area contributed by atoms with E-state index in [2.05, 4.69) is 15.4 Å². The largest absolute Gasteiger partial charge is 0.496 e. The molecule has 0 bridgehead atoms. The smallest absolute Gasteiger partial charge is 0.267 e. The topological polar surface area (TPSA) is 86.1 Å². The second kappa shape index (κ2) is 8.06. The number of hydrogen-bond donors (Lipinski definition) is 1. The van der Waals surface area contributed by atoms with Gasteiger partial charge >= 0.3 is 0 Å². The molecule has 7 heteroatoms. The van der Waals surface area contributed by atoms with Crippen molar-refractivity contribution in [1.29, 1.82) is 0 Å². The Labute approximate surface area is 150 Å². The molecule has 2 heterocycles. The molecule has 0 spiro atoms. The number of amides is 1. The minimum absolute atomic E-state index is 0.165. The summed E-state index contributed by atoms with van der Waals surface area (Å²) in [5.41, 5.74) is 1.84. The van der Waals surface area contributed by atoms with Crippen molar-refractivity contribution >= 4 is 5.91 Å². The zero-order chi connectivity index (χ0) is 18.4. The van der Waals surface area contributed by atoms with E-state index in [9.17, 15) is 9.59 Å². The number of hydrogen-bond acceptors (Lipinski definition) is 5. The van der Waals surface area contributed by atoms with Crippen molar-refractivity contribution in [3.63, 3.8) is 0 Å². The van der Waals surface area contributed by atoms with Crippen LogP contribution in [0.25, 0.3) is 11.3 Å². The number of nitrogens with zero attached hydrogens (tertiary/aromatic N) is 3. The molecule has 1 amide bonds. The lowest BCUT2D eigenvalue weighted by Gasteiger charge is -2.10. The number of rotatable bonds is 6. The summed E-state index contributed by atoms with van der Waals surface area (Å²) in [5, 5.41) is 7.05. The van der Waals surface area contributed by atoms with Crippen LogP contribution in [0.15, 0.2) is 65.7 Å². The number of pyridine rings is 1. The quantitative estimate of drug-likeness (QED) is 0.730. The number of methoxy groups -OCH3 is 1. The third-order valence-electron chi connectivity index (χ3n) is 3.76. The molecule has 2 aromatic heterocycles. The van der Waals surface area contributed by atoms with Gasteiger partial charge in [0.15, 0.2) is 0 Å². The van der Waals surface area contributed by atoms with E-state index in [1.807, 2.05) is 30.3 Å². The molecule has 0 saturated carbocycles. The van der Waals surface area contributed by atoms with Crippen molar-refractivity contribution in [2.75, 3.05) is 7.11 Å². The van der Waals surface area contributed by atoms with E-state index in [0.29, 0.717) is 18.0 Å². The van der Waals surface area contributed by atoms with Crippen LogP contribution in [-0.2, 0) is 17.9 Å². The van der Waals surface area contributed by atoms with E-state index in [1.54, 1.807) is 31.6 Å². The van der Waals surface area contributed by atoms with Crippen LogP contribution in [0.2, 0.25) is 0 Å². The molecule has 0 radical (unpaired) electrons. The summed E-state index contributed by atoms with van der Waals surface area (Å²) in [6.07, 6.45) is 3.34. The number of para-hydroxylation sites is 1. The highest BCUT2D eigenvalue weighted by Gasteiger charge is 2.10. The van der Waals surface area contributed by atoms with Crippen molar-refractivity contribution in [3.8, 4) is 17.0 Å². The van der Waals surface area contributed by atoms with E-state index >= 15 is 0 Å². The van der Waals surface area contributed by atoms with Gasteiger partial charge in [0.1, 0.15) is 12.3 Å². The lowest BCUT2D eigenvalue weighted by atomic mass is 10.1. The molecular formula is C19H18N4O3. The molecule has 0 aliphatic heterocycles. The fourth-order valence-corrected chi connectivity index (χ4v) is 2.46. The summed E-state index contributed by atoms with van der Waals surface area (Å²) in [7, 11) is 1.57. The Balaban J connectivity index is 1.76. The predicted molar refractivity (Wildman–Crippen MR) is 96.6 cm³/mol. The van der Waals surface area contributed by atoms with Gasteiger partial charge in [0.2, 0.25) is 5.91 Å². The Morgan fingerprint density at radius 2 is 2.00 bits per heavy atom. The standard InChI is InChI=1S/C19H18N4O3/c1-26-17-7-3-2-6-15(17)16-8-9-19(25)23(22-16)13-18(24)21-12-14-5-4-10-20-11-14/h2-11H,12-13H2,1H3,(H,21,24). The number of benzene rings is 1. The first-order chi connectivity index (χ1) is 12.7. The van der Waals surface area contributed by atoms with Crippen LogP contribution in [-0.4, -0.2) is 27.8 Å². The number of carbonyl (C=O) groups is 1. The molecule has 0 saturated heterocycles. The van der Waals surface area contributed by atoms with Gasteiger partial charge in [0.05, 0.1) is 12.8 Å². The highest BCUT2D eigenvalue weighted by atomic mass is 16.5. The van der Waals surface area contributed by atoms with Crippen LogP contribution in [0.3, 0.4) is 0 Å². The molecule has 0 aliphatic carbocycles. The molecule has 3 aromatic rings. The normalized spacial score (nSPS) is 10.3. The number of carbonyl (C=O) groups excluding carboxylic acids is 1. The summed E-state index contributed by atoms with van der Waals surface area (Å²) in [6.45, 7) is 0.176. The van der Waals surface area contributed by atoms with Gasteiger partial charge in [-0.2, -0.15) is 5.10 Å². The van der Waals surface area contributed by atoms with Crippen molar-refractivity contribution < 1.29 is 9.53 Å². The molecule has 3 rings (SSSR count). The number of ether oxygens (including phenoxy) is 1. The fourth-order valence-electron chi connectivity index (χ4n) is 2.46. The number of nitrogens with one attached hydrogen (secondary N) is 1. The minimum Gasteiger partial charge on any atom is -0.496 e. The van der Waals surface area contributed by atoms with Crippen LogP contribution in [0.4, 0.5) is 0 Å². The summed E-state index contributed by atoms with van der Waals surface area (Å²) < 4.78 is 6.47. The molecule has 0 aliphatic rings. The summed E-state index contributed by atoms with van der Waals surface area (Å²) in [4.78, 5) is 28.2. The second-order valence-corrected chi connectivity index (χ2v) is 5.55. The first kappa shape index (κ1) is 17.3.